The summed E-state index contributed by atoms with van der Waals surface area (Å²) < 4.78 is 2.10. The van der Waals surface area contributed by atoms with Gasteiger partial charge in [0.05, 0.1) is 0 Å². The van der Waals surface area contributed by atoms with Crippen LogP contribution in [0.3, 0.4) is 0 Å². The van der Waals surface area contributed by atoms with Gasteiger partial charge in [0.15, 0.2) is 0 Å². The van der Waals surface area contributed by atoms with Crippen LogP contribution >= 0.6 is 0 Å². The molecule has 0 aromatic carbocycles. The fourth-order valence-corrected chi connectivity index (χ4v) is 2.83. The van der Waals surface area contributed by atoms with Gasteiger partial charge in [-0.2, -0.15) is 0 Å². The minimum absolute atomic E-state index is 0.371. The molecule has 1 atom stereocenters. The molecule has 96 valence electrons. The Kier molecular flexibility index (Phi) is 4.21. The third kappa shape index (κ3) is 2.89. The van der Waals surface area contributed by atoms with Crippen molar-refractivity contribution in [2.45, 2.75) is 58.6 Å². The highest BCUT2D eigenvalue weighted by atomic mass is 16.3. The number of hydrogen-bond acceptors (Lipinski definition) is 2. The van der Waals surface area contributed by atoms with Gasteiger partial charge in [0.25, 0.3) is 0 Å². The lowest BCUT2D eigenvalue weighted by Crippen LogP contribution is -2.22. The van der Waals surface area contributed by atoms with Gasteiger partial charge in [0, 0.05) is 18.9 Å². The fraction of sp³-hybridized carbons (Fsp3) is 0.786. The molecule has 0 aliphatic heterocycles. The quantitative estimate of drug-likeness (QED) is 0.872. The second-order valence-corrected chi connectivity index (χ2v) is 5.44. The lowest BCUT2D eigenvalue weighted by Gasteiger charge is -2.29. The van der Waals surface area contributed by atoms with Gasteiger partial charge in [0.1, 0.15) is 11.9 Å². The summed E-state index contributed by atoms with van der Waals surface area (Å²) >= 11 is 0. The normalized spacial score (nSPS) is 27.0. The number of aliphatic hydroxyl groups is 1. The summed E-state index contributed by atoms with van der Waals surface area (Å²) in [5.41, 5.74) is 0. The van der Waals surface area contributed by atoms with Crippen molar-refractivity contribution in [3.63, 3.8) is 0 Å². The van der Waals surface area contributed by atoms with Crippen molar-refractivity contribution < 1.29 is 5.11 Å². The molecular weight excluding hydrogens is 212 g/mol. The molecule has 2 rings (SSSR count). The lowest BCUT2D eigenvalue weighted by atomic mass is 9.80. The third-order valence-corrected chi connectivity index (χ3v) is 3.98. The zero-order valence-electron chi connectivity index (χ0n) is 11.0. The van der Waals surface area contributed by atoms with E-state index in [4.69, 9.17) is 0 Å². The van der Waals surface area contributed by atoms with Crippen molar-refractivity contribution in [2.24, 2.45) is 11.8 Å². The molecule has 0 spiro atoms. The number of aryl methyl sites for hydroxylation is 1. The Balaban J connectivity index is 2.03. The highest BCUT2D eigenvalue weighted by molar-refractivity contribution is 4.99. The van der Waals surface area contributed by atoms with Crippen LogP contribution in [0.4, 0.5) is 0 Å². The average Bonchev–Trinajstić information content (AvgIpc) is 2.78. The smallest absolute Gasteiger partial charge is 0.137 e. The minimum Gasteiger partial charge on any atom is -0.385 e. The molecule has 1 saturated carbocycles. The van der Waals surface area contributed by atoms with Crippen molar-refractivity contribution in [3.05, 3.63) is 18.2 Å². The SMILES string of the molecule is CCCn1ccnc1C(O)C1CCC(C)CC1. The van der Waals surface area contributed by atoms with Crippen LogP contribution in [0, 0.1) is 11.8 Å². The molecule has 1 aromatic rings. The summed E-state index contributed by atoms with van der Waals surface area (Å²) in [5, 5.41) is 10.4. The average molecular weight is 236 g/mol. The van der Waals surface area contributed by atoms with Crippen LogP contribution < -0.4 is 0 Å². The van der Waals surface area contributed by atoms with Crippen LogP contribution in [0.2, 0.25) is 0 Å². The molecule has 0 saturated heterocycles. The summed E-state index contributed by atoms with van der Waals surface area (Å²) in [6.07, 6.45) is 9.27. The first-order valence-corrected chi connectivity index (χ1v) is 6.91. The van der Waals surface area contributed by atoms with Crippen LogP contribution in [0.1, 0.15) is 57.9 Å². The fourth-order valence-electron chi connectivity index (χ4n) is 2.83. The number of rotatable bonds is 4. The molecule has 1 unspecified atom stereocenters. The predicted octanol–water partition coefficient (Wildman–Crippen LogP) is 3.15. The summed E-state index contributed by atoms with van der Waals surface area (Å²) in [7, 11) is 0. The van der Waals surface area contributed by atoms with E-state index in [9.17, 15) is 5.11 Å². The van der Waals surface area contributed by atoms with Gasteiger partial charge in [-0.25, -0.2) is 4.98 Å². The van der Waals surface area contributed by atoms with Crippen LogP contribution in [0.15, 0.2) is 12.4 Å². The standard InChI is InChI=1S/C14H24N2O/c1-3-9-16-10-8-15-14(16)13(17)12-6-4-11(2)5-7-12/h8,10-13,17H,3-7,9H2,1-2H3. The van der Waals surface area contributed by atoms with E-state index in [1.165, 1.54) is 12.8 Å². The van der Waals surface area contributed by atoms with E-state index < -0.39 is 0 Å². The largest absolute Gasteiger partial charge is 0.385 e. The Bertz CT molecular complexity index is 340. The van der Waals surface area contributed by atoms with Crippen molar-refractivity contribution in [2.75, 3.05) is 0 Å². The van der Waals surface area contributed by atoms with Gasteiger partial charge in [-0.1, -0.05) is 26.7 Å². The molecule has 1 fully saturated rings. The van der Waals surface area contributed by atoms with Gasteiger partial charge < -0.3 is 9.67 Å². The Morgan fingerprint density at radius 3 is 2.76 bits per heavy atom. The van der Waals surface area contributed by atoms with Crippen molar-refractivity contribution >= 4 is 0 Å². The van der Waals surface area contributed by atoms with E-state index in [1.807, 2.05) is 6.20 Å². The Hall–Kier alpha value is -0.830. The number of hydrogen-bond donors (Lipinski definition) is 1. The van der Waals surface area contributed by atoms with Gasteiger partial charge in [-0.05, 0) is 31.1 Å². The van der Waals surface area contributed by atoms with Gasteiger partial charge in [0.2, 0.25) is 0 Å². The first-order valence-electron chi connectivity index (χ1n) is 6.91. The molecule has 1 aliphatic carbocycles. The minimum atomic E-state index is -0.371. The van der Waals surface area contributed by atoms with E-state index >= 15 is 0 Å². The van der Waals surface area contributed by atoms with Crippen LogP contribution in [-0.2, 0) is 6.54 Å². The molecule has 3 nitrogen and oxygen atoms in total. The zero-order valence-corrected chi connectivity index (χ0v) is 11.0. The van der Waals surface area contributed by atoms with E-state index in [-0.39, 0.29) is 6.10 Å². The number of aromatic nitrogens is 2. The van der Waals surface area contributed by atoms with Crippen molar-refractivity contribution in [3.8, 4) is 0 Å². The predicted molar refractivity (Wildman–Crippen MR) is 68.6 cm³/mol. The number of imidazole rings is 1. The summed E-state index contributed by atoms with van der Waals surface area (Å²) in [4.78, 5) is 4.34. The maximum absolute atomic E-state index is 10.4. The van der Waals surface area contributed by atoms with E-state index in [0.29, 0.717) is 5.92 Å². The van der Waals surface area contributed by atoms with E-state index in [0.717, 1.165) is 37.5 Å². The second kappa shape index (κ2) is 5.67. The first kappa shape index (κ1) is 12.6. The lowest BCUT2D eigenvalue weighted by molar-refractivity contribution is 0.0653. The van der Waals surface area contributed by atoms with Crippen molar-refractivity contribution in [1.82, 2.24) is 9.55 Å². The van der Waals surface area contributed by atoms with Crippen molar-refractivity contribution in [1.29, 1.82) is 0 Å². The molecule has 1 N–H and O–H groups in total. The Labute approximate surface area is 104 Å². The second-order valence-electron chi connectivity index (χ2n) is 5.44. The molecule has 17 heavy (non-hydrogen) atoms. The third-order valence-electron chi connectivity index (χ3n) is 3.98. The van der Waals surface area contributed by atoms with E-state index in [1.54, 1.807) is 6.20 Å². The zero-order chi connectivity index (χ0) is 12.3. The molecule has 1 aliphatic rings. The number of nitrogens with zero attached hydrogens (tertiary/aromatic N) is 2. The van der Waals surface area contributed by atoms with Gasteiger partial charge in [-0.15, -0.1) is 0 Å². The van der Waals surface area contributed by atoms with E-state index in [2.05, 4.69) is 23.4 Å². The number of aliphatic hydroxyl groups excluding tert-OH is 1. The topological polar surface area (TPSA) is 38.0 Å². The summed E-state index contributed by atoms with van der Waals surface area (Å²) in [6.45, 7) is 5.41. The first-order chi connectivity index (χ1) is 8.22. The molecular formula is C14H24N2O. The monoisotopic (exact) mass is 236 g/mol. The summed E-state index contributed by atoms with van der Waals surface area (Å²) in [6, 6.07) is 0. The van der Waals surface area contributed by atoms with Crippen LogP contribution in [0.25, 0.3) is 0 Å². The molecule has 0 radical (unpaired) electrons. The van der Waals surface area contributed by atoms with Crippen LogP contribution in [0.5, 0.6) is 0 Å². The molecule has 1 heterocycles. The maximum atomic E-state index is 10.4. The summed E-state index contributed by atoms with van der Waals surface area (Å²) in [5.74, 6) is 2.10. The molecule has 0 bridgehead atoms. The highest BCUT2D eigenvalue weighted by Crippen LogP contribution is 2.36. The molecule has 3 heteroatoms. The van der Waals surface area contributed by atoms with Gasteiger partial charge in [-0.3, -0.25) is 0 Å². The van der Waals surface area contributed by atoms with Crippen LogP contribution in [-0.4, -0.2) is 14.7 Å². The highest BCUT2D eigenvalue weighted by Gasteiger charge is 2.28. The maximum Gasteiger partial charge on any atom is 0.137 e. The van der Waals surface area contributed by atoms with Gasteiger partial charge >= 0.3 is 0 Å². The Morgan fingerprint density at radius 2 is 2.12 bits per heavy atom. The molecule has 0 amide bonds. The Morgan fingerprint density at radius 1 is 1.41 bits per heavy atom. The molecule has 1 aromatic heterocycles.